The molecule has 1 fully saturated rings. The van der Waals surface area contributed by atoms with Gasteiger partial charge in [0.1, 0.15) is 5.69 Å². The van der Waals surface area contributed by atoms with Crippen LogP contribution in [0.25, 0.3) is 0 Å². The van der Waals surface area contributed by atoms with Crippen molar-refractivity contribution in [2.45, 2.75) is 6.42 Å². The van der Waals surface area contributed by atoms with Crippen LogP contribution >= 0.6 is 15.9 Å². The van der Waals surface area contributed by atoms with Gasteiger partial charge in [0.2, 0.25) is 11.8 Å². The van der Waals surface area contributed by atoms with Crippen LogP contribution in [0.1, 0.15) is 6.42 Å². The van der Waals surface area contributed by atoms with Gasteiger partial charge in [0, 0.05) is 17.4 Å². The van der Waals surface area contributed by atoms with Gasteiger partial charge in [0.05, 0.1) is 5.92 Å². The van der Waals surface area contributed by atoms with E-state index in [2.05, 4.69) is 15.9 Å². The Kier molecular flexibility index (Phi) is 3.34. The molecule has 0 saturated carbocycles. The van der Waals surface area contributed by atoms with Crippen molar-refractivity contribution in [1.82, 2.24) is 0 Å². The molecule has 2 N–H and O–H groups in total. The number of primary amides is 1. The van der Waals surface area contributed by atoms with Gasteiger partial charge in [-0.1, -0.05) is 15.9 Å². The molecule has 1 atom stereocenters. The molecule has 18 heavy (non-hydrogen) atoms. The van der Waals surface area contributed by atoms with Gasteiger partial charge in [-0.25, -0.2) is 8.78 Å². The topological polar surface area (TPSA) is 63.4 Å². The van der Waals surface area contributed by atoms with Crippen LogP contribution in [0.3, 0.4) is 0 Å². The molecule has 0 spiro atoms. The number of anilines is 1. The van der Waals surface area contributed by atoms with Gasteiger partial charge in [0.25, 0.3) is 0 Å². The maximum atomic E-state index is 13.7. The smallest absolute Gasteiger partial charge is 0.228 e. The highest BCUT2D eigenvalue weighted by Crippen LogP contribution is 2.31. The molecule has 0 aromatic heterocycles. The Hall–Kier alpha value is -1.50. The van der Waals surface area contributed by atoms with E-state index in [1.807, 2.05) is 0 Å². The number of benzene rings is 1. The summed E-state index contributed by atoms with van der Waals surface area (Å²) in [5.41, 5.74) is 4.65. The Morgan fingerprint density at radius 3 is 2.39 bits per heavy atom. The number of amides is 2. The Morgan fingerprint density at radius 1 is 1.39 bits per heavy atom. The van der Waals surface area contributed by atoms with E-state index in [0.29, 0.717) is 0 Å². The molecule has 1 aromatic carbocycles. The minimum Gasteiger partial charge on any atom is -0.369 e. The lowest BCUT2D eigenvalue weighted by Crippen LogP contribution is -2.29. The maximum Gasteiger partial charge on any atom is 0.228 e. The molecule has 0 aliphatic carbocycles. The third-order valence-electron chi connectivity index (χ3n) is 2.78. The van der Waals surface area contributed by atoms with Crippen LogP contribution in [0, 0.1) is 17.6 Å². The molecule has 4 nitrogen and oxygen atoms in total. The number of hydrogen-bond acceptors (Lipinski definition) is 2. The zero-order valence-electron chi connectivity index (χ0n) is 9.12. The Balaban J connectivity index is 2.39. The predicted molar refractivity (Wildman–Crippen MR) is 63.7 cm³/mol. The van der Waals surface area contributed by atoms with E-state index in [1.165, 1.54) is 0 Å². The van der Waals surface area contributed by atoms with E-state index in [1.54, 1.807) is 0 Å². The largest absolute Gasteiger partial charge is 0.369 e. The van der Waals surface area contributed by atoms with E-state index in [-0.39, 0.29) is 17.4 Å². The fourth-order valence-electron chi connectivity index (χ4n) is 1.91. The van der Waals surface area contributed by atoms with E-state index >= 15 is 0 Å². The van der Waals surface area contributed by atoms with E-state index in [0.717, 1.165) is 17.0 Å². The number of nitrogens with two attached hydrogens (primary N) is 1. The first-order chi connectivity index (χ1) is 8.40. The average molecular weight is 319 g/mol. The number of hydrogen-bond donors (Lipinski definition) is 1. The summed E-state index contributed by atoms with van der Waals surface area (Å²) in [6.07, 6.45) is -0.121. The van der Waals surface area contributed by atoms with Crippen molar-refractivity contribution < 1.29 is 18.4 Å². The monoisotopic (exact) mass is 318 g/mol. The van der Waals surface area contributed by atoms with Crippen molar-refractivity contribution in [3.63, 3.8) is 0 Å². The molecule has 1 aliphatic rings. The van der Waals surface area contributed by atoms with E-state index < -0.39 is 35.1 Å². The van der Waals surface area contributed by atoms with Crippen LogP contribution < -0.4 is 10.6 Å². The van der Waals surface area contributed by atoms with E-state index in [4.69, 9.17) is 5.73 Å². The fourth-order valence-corrected chi connectivity index (χ4v) is 2.31. The van der Waals surface area contributed by atoms with Crippen molar-refractivity contribution in [3.05, 3.63) is 28.2 Å². The molecular weight excluding hydrogens is 310 g/mol. The van der Waals surface area contributed by atoms with Gasteiger partial charge in [-0.3, -0.25) is 9.59 Å². The number of nitrogens with zero attached hydrogens (tertiary/aromatic N) is 1. The lowest BCUT2D eigenvalue weighted by Gasteiger charge is -2.18. The van der Waals surface area contributed by atoms with Gasteiger partial charge in [-0.05, 0) is 12.1 Å². The van der Waals surface area contributed by atoms with Gasteiger partial charge >= 0.3 is 0 Å². The number of halogens is 3. The van der Waals surface area contributed by atoms with Crippen LogP contribution in [0.15, 0.2) is 16.6 Å². The summed E-state index contributed by atoms with van der Waals surface area (Å²) in [6.45, 7) is -0.0936. The zero-order chi connectivity index (χ0) is 13.4. The van der Waals surface area contributed by atoms with Gasteiger partial charge in [-0.15, -0.1) is 0 Å². The minimum atomic E-state index is -0.861. The molecule has 1 aromatic rings. The van der Waals surface area contributed by atoms with Crippen molar-refractivity contribution in [1.29, 1.82) is 0 Å². The molecule has 1 unspecified atom stereocenters. The molecule has 96 valence electrons. The fraction of sp³-hybridized carbons (Fsp3) is 0.273. The predicted octanol–water partition coefficient (Wildman–Crippen LogP) is 1.57. The summed E-state index contributed by atoms with van der Waals surface area (Å²) < 4.78 is 27.6. The Labute approximate surface area is 110 Å². The van der Waals surface area contributed by atoms with Crippen LogP contribution in [-0.4, -0.2) is 18.4 Å². The maximum absolute atomic E-state index is 13.7. The molecule has 1 saturated heterocycles. The minimum absolute atomic E-state index is 0.0936. The third kappa shape index (κ3) is 2.22. The summed E-state index contributed by atoms with van der Waals surface area (Å²) in [7, 11) is 0. The summed E-state index contributed by atoms with van der Waals surface area (Å²) in [5, 5.41) is 0. The molecule has 7 heteroatoms. The van der Waals surface area contributed by atoms with Gasteiger partial charge in [0.15, 0.2) is 11.6 Å². The van der Waals surface area contributed by atoms with Crippen LogP contribution in [0.2, 0.25) is 0 Å². The van der Waals surface area contributed by atoms with Crippen molar-refractivity contribution >= 4 is 33.4 Å². The molecule has 0 bridgehead atoms. The highest BCUT2D eigenvalue weighted by Gasteiger charge is 2.36. The first-order valence-electron chi connectivity index (χ1n) is 5.14. The SMILES string of the molecule is NC(=O)C1CC(=O)N(c2c(F)cc(Br)cc2F)C1. The Bertz CT molecular complexity index is 513. The summed E-state index contributed by atoms with van der Waals surface area (Å²) in [5.74, 6) is -3.59. The summed E-state index contributed by atoms with van der Waals surface area (Å²) in [6, 6.07) is 2.12. The molecule has 2 rings (SSSR count). The van der Waals surface area contributed by atoms with Crippen molar-refractivity contribution in [3.8, 4) is 0 Å². The number of rotatable bonds is 2. The first kappa shape index (κ1) is 12.9. The van der Waals surface area contributed by atoms with Crippen molar-refractivity contribution in [2.24, 2.45) is 11.7 Å². The number of carbonyl (C=O) groups excluding carboxylic acids is 2. The standard InChI is InChI=1S/C11H9BrF2N2O2/c12-6-2-7(13)10(8(14)3-6)16-4-5(11(15)18)1-9(16)17/h2-3,5H,1,4H2,(H2,15,18). The normalized spacial score (nSPS) is 19.4. The molecular formula is C11H9BrF2N2O2. The molecule has 2 amide bonds. The van der Waals surface area contributed by atoms with Crippen LogP contribution in [-0.2, 0) is 9.59 Å². The summed E-state index contributed by atoms with van der Waals surface area (Å²) >= 11 is 2.95. The van der Waals surface area contributed by atoms with Crippen molar-refractivity contribution in [2.75, 3.05) is 11.4 Å². The lowest BCUT2D eigenvalue weighted by molar-refractivity contribution is -0.123. The summed E-state index contributed by atoms with van der Waals surface area (Å²) in [4.78, 5) is 23.6. The highest BCUT2D eigenvalue weighted by molar-refractivity contribution is 9.10. The zero-order valence-corrected chi connectivity index (χ0v) is 10.7. The van der Waals surface area contributed by atoms with Gasteiger partial charge < -0.3 is 10.6 Å². The van der Waals surface area contributed by atoms with Gasteiger partial charge in [-0.2, -0.15) is 0 Å². The molecule has 1 heterocycles. The second kappa shape index (κ2) is 4.64. The average Bonchev–Trinajstić information content (AvgIpc) is 2.59. The second-order valence-corrected chi connectivity index (χ2v) is 4.94. The second-order valence-electron chi connectivity index (χ2n) is 4.03. The lowest BCUT2D eigenvalue weighted by atomic mass is 10.1. The Morgan fingerprint density at radius 2 is 1.94 bits per heavy atom. The first-order valence-corrected chi connectivity index (χ1v) is 5.93. The van der Waals surface area contributed by atoms with Crippen LogP contribution in [0.5, 0.6) is 0 Å². The molecule has 1 aliphatic heterocycles. The molecule has 0 radical (unpaired) electrons. The number of carbonyl (C=O) groups is 2. The van der Waals surface area contributed by atoms with Crippen LogP contribution in [0.4, 0.5) is 14.5 Å². The van der Waals surface area contributed by atoms with E-state index in [9.17, 15) is 18.4 Å². The third-order valence-corrected chi connectivity index (χ3v) is 3.24. The quantitative estimate of drug-likeness (QED) is 0.899. The highest BCUT2D eigenvalue weighted by atomic mass is 79.9.